The van der Waals surface area contributed by atoms with Crippen LogP contribution in [0.5, 0.6) is 0 Å². The van der Waals surface area contributed by atoms with Gasteiger partial charge in [0.15, 0.2) is 0 Å². The summed E-state index contributed by atoms with van der Waals surface area (Å²) in [5, 5.41) is 36.8. The Hall–Kier alpha value is -0.640. The Morgan fingerprint density at radius 1 is 1.46 bits per heavy atom. The third-order valence-electron chi connectivity index (χ3n) is 1.92. The minimum Gasteiger partial charge on any atom is -0.394 e. The minimum atomic E-state index is -2.07. The van der Waals surface area contributed by atoms with E-state index < -0.39 is 30.7 Å². The van der Waals surface area contributed by atoms with E-state index in [9.17, 15) is 15.3 Å². The molecule has 74 valence electrons. The van der Waals surface area contributed by atoms with Crippen LogP contribution < -0.4 is 0 Å². The van der Waals surface area contributed by atoms with Gasteiger partial charge in [-0.3, -0.25) is 0 Å². The van der Waals surface area contributed by atoms with E-state index in [1.807, 2.05) is 0 Å². The first-order chi connectivity index (χ1) is 6.05. The van der Waals surface area contributed by atoms with Gasteiger partial charge in [0.1, 0.15) is 18.3 Å². The van der Waals surface area contributed by atoms with Crippen molar-refractivity contribution in [3.05, 3.63) is 0 Å². The number of aliphatic hydroxyl groups is 4. The molecule has 0 aliphatic carbocycles. The number of aliphatic hydroxyl groups excluding tert-OH is 3. The summed E-state index contributed by atoms with van der Waals surface area (Å²) in [6.45, 7) is 0.985. The average Bonchev–Trinajstić information content (AvgIpc) is 2.31. The molecule has 1 rings (SSSR count). The molecule has 5 nitrogen and oxygen atoms in total. The van der Waals surface area contributed by atoms with Gasteiger partial charge in [-0.2, -0.15) is 0 Å². The summed E-state index contributed by atoms with van der Waals surface area (Å²) in [5.74, 6) is 2.53. The SMILES string of the molecule is CC#CC1(O)O[C@H](CO)[C@@H](O)[C@H]1O. The van der Waals surface area contributed by atoms with Crippen LogP contribution in [0.4, 0.5) is 0 Å². The lowest BCUT2D eigenvalue weighted by Gasteiger charge is -2.18. The molecule has 1 aliphatic heterocycles. The van der Waals surface area contributed by atoms with Crippen LogP contribution in [0, 0.1) is 11.8 Å². The third-order valence-corrected chi connectivity index (χ3v) is 1.92. The van der Waals surface area contributed by atoms with Gasteiger partial charge in [-0.15, -0.1) is 5.92 Å². The molecule has 0 spiro atoms. The summed E-state index contributed by atoms with van der Waals surface area (Å²) in [7, 11) is 0. The van der Waals surface area contributed by atoms with E-state index in [1.54, 1.807) is 0 Å². The van der Waals surface area contributed by atoms with Crippen LogP contribution in [-0.2, 0) is 4.74 Å². The fraction of sp³-hybridized carbons (Fsp3) is 0.750. The van der Waals surface area contributed by atoms with Crippen LogP contribution in [0.1, 0.15) is 6.92 Å². The van der Waals surface area contributed by atoms with E-state index in [4.69, 9.17) is 9.84 Å². The van der Waals surface area contributed by atoms with Crippen LogP contribution >= 0.6 is 0 Å². The molecule has 1 heterocycles. The highest BCUT2D eigenvalue weighted by Crippen LogP contribution is 2.28. The lowest BCUT2D eigenvalue weighted by molar-refractivity contribution is -0.188. The zero-order valence-electron chi connectivity index (χ0n) is 7.14. The van der Waals surface area contributed by atoms with Gasteiger partial charge in [0.25, 0.3) is 5.79 Å². The van der Waals surface area contributed by atoms with Gasteiger partial charge in [0.05, 0.1) is 6.61 Å². The van der Waals surface area contributed by atoms with Crippen LogP contribution in [0.25, 0.3) is 0 Å². The molecular formula is C8H12O5. The molecule has 1 unspecified atom stereocenters. The monoisotopic (exact) mass is 188 g/mol. The van der Waals surface area contributed by atoms with Crippen LogP contribution in [0.2, 0.25) is 0 Å². The van der Waals surface area contributed by atoms with Crippen molar-refractivity contribution in [2.75, 3.05) is 6.61 Å². The Labute approximate surface area is 75.6 Å². The quantitative estimate of drug-likeness (QED) is 0.351. The highest BCUT2D eigenvalue weighted by molar-refractivity contribution is 5.15. The second kappa shape index (κ2) is 3.62. The molecule has 0 aromatic rings. The maximum atomic E-state index is 9.51. The fourth-order valence-corrected chi connectivity index (χ4v) is 1.23. The molecule has 4 N–H and O–H groups in total. The van der Waals surface area contributed by atoms with Gasteiger partial charge < -0.3 is 25.2 Å². The van der Waals surface area contributed by atoms with E-state index in [2.05, 4.69) is 11.8 Å². The first kappa shape index (κ1) is 10.4. The molecule has 0 aromatic heterocycles. The van der Waals surface area contributed by atoms with E-state index in [1.165, 1.54) is 6.92 Å². The zero-order chi connectivity index (χ0) is 10.1. The Morgan fingerprint density at radius 2 is 2.08 bits per heavy atom. The van der Waals surface area contributed by atoms with Gasteiger partial charge >= 0.3 is 0 Å². The summed E-state index contributed by atoms with van der Waals surface area (Å²) < 4.78 is 4.79. The summed E-state index contributed by atoms with van der Waals surface area (Å²) in [6.07, 6.45) is -3.84. The molecule has 0 radical (unpaired) electrons. The Balaban J connectivity index is 2.85. The van der Waals surface area contributed by atoms with Crippen molar-refractivity contribution < 1.29 is 25.2 Å². The van der Waals surface area contributed by atoms with Gasteiger partial charge in [-0.1, -0.05) is 0 Å². The standard InChI is InChI=1S/C8H12O5/c1-2-3-8(12)7(11)6(10)5(4-9)13-8/h5-7,9-12H,4H2,1H3/t5-,6-,7-,8?/m1/s1. The van der Waals surface area contributed by atoms with Crippen molar-refractivity contribution >= 4 is 0 Å². The Bertz CT molecular complexity index is 243. The van der Waals surface area contributed by atoms with Crippen molar-refractivity contribution in [1.82, 2.24) is 0 Å². The first-order valence-corrected chi connectivity index (χ1v) is 3.86. The van der Waals surface area contributed by atoms with E-state index >= 15 is 0 Å². The fourth-order valence-electron chi connectivity index (χ4n) is 1.23. The van der Waals surface area contributed by atoms with Gasteiger partial charge in [-0.25, -0.2) is 0 Å². The average molecular weight is 188 g/mol. The van der Waals surface area contributed by atoms with E-state index in [0.717, 1.165) is 0 Å². The molecule has 0 saturated carbocycles. The molecule has 1 aliphatic rings. The number of hydrogen-bond acceptors (Lipinski definition) is 5. The van der Waals surface area contributed by atoms with Crippen molar-refractivity contribution in [1.29, 1.82) is 0 Å². The maximum Gasteiger partial charge on any atom is 0.261 e. The lowest BCUT2D eigenvalue weighted by atomic mass is 10.1. The molecule has 1 fully saturated rings. The maximum absolute atomic E-state index is 9.51. The lowest BCUT2D eigenvalue weighted by Crippen LogP contribution is -2.41. The summed E-state index contributed by atoms with van der Waals surface area (Å²) in [6, 6.07) is 0. The van der Waals surface area contributed by atoms with Crippen LogP contribution in [0.3, 0.4) is 0 Å². The topological polar surface area (TPSA) is 90.2 Å². The van der Waals surface area contributed by atoms with Crippen molar-refractivity contribution in [2.45, 2.75) is 31.0 Å². The summed E-state index contributed by atoms with van der Waals surface area (Å²) in [4.78, 5) is 0. The highest BCUT2D eigenvalue weighted by Gasteiger charge is 2.52. The third kappa shape index (κ3) is 1.68. The second-order valence-electron chi connectivity index (χ2n) is 2.85. The van der Waals surface area contributed by atoms with Crippen molar-refractivity contribution in [3.8, 4) is 11.8 Å². The number of rotatable bonds is 1. The van der Waals surface area contributed by atoms with Crippen molar-refractivity contribution in [2.24, 2.45) is 0 Å². The predicted molar refractivity (Wildman–Crippen MR) is 42.4 cm³/mol. The van der Waals surface area contributed by atoms with E-state index in [0.29, 0.717) is 0 Å². The Morgan fingerprint density at radius 3 is 2.46 bits per heavy atom. The number of ether oxygens (including phenoxy) is 1. The first-order valence-electron chi connectivity index (χ1n) is 3.86. The molecule has 1 saturated heterocycles. The Kier molecular flexibility index (Phi) is 2.91. The highest BCUT2D eigenvalue weighted by atomic mass is 16.7. The van der Waals surface area contributed by atoms with Gasteiger partial charge in [-0.05, 0) is 12.8 Å². The minimum absolute atomic E-state index is 0.480. The molecule has 5 heteroatoms. The van der Waals surface area contributed by atoms with Crippen LogP contribution in [0.15, 0.2) is 0 Å². The molecule has 0 bridgehead atoms. The van der Waals surface area contributed by atoms with Crippen molar-refractivity contribution in [3.63, 3.8) is 0 Å². The molecular weight excluding hydrogens is 176 g/mol. The van der Waals surface area contributed by atoms with Gasteiger partial charge in [0, 0.05) is 0 Å². The number of hydrogen-bond donors (Lipinski definition) is 4. The zero-order valence-corrected chi connectivity index (χ0v) is 7.14. The molecule has 0 amide bonds. The normalized spacial score (nSPS) is 44.2. The largest absolute Gasteiger partial charge is 0.394 e. The molecule has 13 heavy (non-hydrogen) atoms. The smallest absolute Gasteiger partial charge is 0.261 e. The molecule has 4 atom stereocenters. The predicted octanol–water partition coefficient (Wildman–Crippen LogP) is -2.19. The molecule has 0 aromatic carbocycles. The second-order valence-corrected chi connectivity index (χ2v) is 2.85. The van der Waals surface area contributed by atoms with Crippen LogP contribution in [-0.4, -0.2) is 51.1 Å². The van der Waals surface area contributed by atoms with Gasteiger partial charge in [0.2, 0.25) is 0 Å². The summed E-state index contributed by atoms with van der Waals surface area (Å²) >= 11 is 0. The van der Waals surface area contributed by atoms with E-state index in [-0.39, 0.29) is 0 Å². The summed E-state index contributed by atoms with van der Waals surface area (Å²) in [5.41, 5.74) is 0.